The molecule has 28 heavy (non-hydrogen) atoms. The van der Waals surface area contributed by atoms with E-state index >= 15 is 0 Å². The first-order valence-electron chi connectivity index (χ1n) is 9.44. The van der Waals surface area contributed by atoms with E-state index in [-0.39, 0.29) is 5.60 Å². The third-order valence-corrected chi connectivity index (χ3v) is 5.13. The quantitative estimate of drug-likeness (QED) is 0.404. The second-order valence-electron chi connectivity index (χ2n) is 7.34. The largest absolute Gasteiger partial charge is 0.492 e. The lowest BCUT2D eigenvalue weighted by atomic mass is 10.1. The van der Waals surface area contributed by atoms with Crippen LogP contribution in [0.1, 0.15) is 27.7 Å². The third-order valence-electron chi connectivity index (χ3n) is 3.75. The Labute approximate surface area is 171 Å². The lowest BCUT2D eigenvalue weighted by molar-refractivity contribution is 0.0553. The van der Waals surface area contributed by atoms with Crippen LogP contribution in [0, 0.1) is 0 Å². The Morgan fingerprint density at radius 1 is 0.964 bits per heavy atom. The van der Waals surface area contributed by atoms with Gasteiger partial charge in [0.15, 0.2) is 0 Å². The standard InChI is InChI=1S/C23H30O4S/c1-6-25-15-16-26-21-11-7-19(8-12-21)20-9-13-22(14-10-20)28(24)17-18(2)27-23(3,4)5/h7-14H,2,6,15-17H2,1,3-5H3. The molecule has 2 aromatic rings. The maximum atomic E-state index is 12.5. The van der Waals surface area contributed by atoms with Gasteiger partial charge in [-0.1, -0.05) is 30.8 Å². The fourth-order valence-electron chi connectivity index (χ4n) is 2.60. The van der Waals surface area contributed by atoms with Crippen molar-refractivity contribution in [3.63, 3.8) is 0 Å². The Kier molecular flexibility index (Phi) is 8.27. The zero-order chi connectivity index (χ0) is 20.6. The molecule has 1 atom stereocenters. The topological polar surface area (TPSA) is 44.8 Å². The Bertz CT molecular complexity index is 774. The van der Waals surface area contributed by atoms with Crippen molar-refractivity contribution < 1.29 is 18.4 Å². The summed E-state index contributed by atoms with van der Waals surface area (Å²) in [6.45, 7) is 13.5. The van der Waals surface area contributed by atoms with Gasteiger partial charge < -0.3 is 14.2 Å². The lowest BCUT2D eigenvalue weighted by Crippen LogP contribution is -2.20. The molecule has 0 aromatic heterocycles. The zero-order valence-electron chi connectivity index (χ0n) is 17.2. The molecule has 0 amide bonds. The summed E-state index contributed by atoms with van der Waals surface area (Å²) in [6, 6.07) is 15.7. The van der Waals surface area contributed by atoms with Gasteiger partial charge in [0.05, 0.1) is 23.2 Å². The molecule has 0 aliphatic carbocycles. The number of rotatable bonds is 10. The average Bonchev–Trinajstić information content (AvgIpc) is 2.64. The van der Waals surface area contributed by atoms with Gasteiger partial charge in [-0.15, -0.1) is 0 Å². The van der Waals surface area contributed by atoms with Crippen molar-refractivity contribution in [2.45, 2.75) is 38.2 Å². The smallest absolute Gasteiger partial charge is 0.119 e. The molecule has 4 nitrogen and oxygen atoms in total. The van der Waals surface area contributed by atoms with Crippen LogP contribution in [0.3, 0.4) is 0 Å². The van der Waals surface area contributed by atoms with Gasteiger partial charge in [0.25, 0.3) is 0 Å². The lowest BCUT2D eigenvalue weighted by Gasteiger charge is -2.22. The van der Waals surface area contributed by atoms with Crippen LogP contribution < -0.4 is 4.74 Å². The molecule has 0 aliphatic heterocycles. The van der Waals surface area contributed by atoms with Gasteiger partial charge in [-0.05, 0) is 63.1 Å². The van der Waals surface area contributed by atoms with Crippen molar-refractivity contribution in [3.8, 4) is 16.9 Å². The molecule has 0 N–H and O–H groups in total. The molecule has 0 bridgehead atoms. The summed E-state index contributed by atoms with van der Waals surface area (Å²) in [5.74, 6) is 1.65. The molecule has 0 saturated carbocycles. The summed E-state index contributed by atoms with van der Waals surface area (Å²) in [6.07, 6.45) is 0. The second-order valence-corrected chi connectivity index (χ2v) is 8.79. The first-order valence-corrected chi connectivity index (χ1v) is 10.8. The highest BCUT2D eigenvalue weighted by Crippen LogP contribution is 2.24. The van der Waals surface area contributed by atoms with Crippen molar-refractivity contribution >= 4 is 10.8 Å². The van der Waals surface area contributed by atoms with E-state index in [1.807, 2.05) is 76.2 Å². The number of hydrogen-bond acceptors (Lipinski definition) is 4. The van der Waals surface area contributed by atoms with E-state index in [1.54, 1.807) is 0 Å². The number of benzene rings is 2. The highest BCUT2D eigenvalue weighted by molar-refractivity contribution is 7.85. The summed E-state index contributed by atoms with van der Waals surface area (Å²) in [7, 11) is -1.18. The van der Waals surface area contributed by atoms with Gasteiger partial charge in [0.2, 0.25) is 0 Å². The fraction of sp³-hybridized carbons (Fsp3) is 0.391. The molecule has 0 heterocycles. The summed E-state index contributed by atoms with van der Waals surface area (Å²) in [4.78, 5) is 0.762. The van der Waals surface area contributed by atoms with Gasteiger partial charge >= 0.3 is 0 Å². The Balaban J connectivity index is 1.94. The van der Waals surface area contributed by atoms with Crippen LogP contribution in [0.2, 0.25) is 0 Å². The van der Waals surface area contributed by atoms with Crippen LogP contribution in [0.15, 0.2) is 65.8 Å². The predicted molar refractivity (Wildman–Crippen MR) is 115 cm³/mol. The van der Waals surface area contributed by atoms with Crippen LogP contribution in [-0.2, 0) is 20.3 Å². The molecule has 2 aromatic carbocycles. The third kappa shape index (κ3) is 7.49. The fourth-order valence-corrected chi connectivity index (χ4v) is 3.56. The molecule has 0 saturated heterocycles. The van der Waals surface area contributed by atoms with Crippen molar-refractivity contribution in [1.29, 1.82) is 0 Å². The first-order chi connectivity index (χ1) is 13.3. The molecule has 0 fully saturated rings. The maximum absolute atomic E-state index is 12.5. The summed E-state index contributed by atoms with van der Waals surface area (Å²) >= 11 is 0. The molecule has 5 heteroatoms. The Morgan fingerprint density at radius 3 is 2.07 bits per heavy atom. The molecule has 1 unspecified atom stereocenters. The normalized spacial score (nSPS) is 12.4. The monoisotopic (exact) mass is 402 g/mol. The van der Waals surface area contributed by atoms with Crippen molar-refractivity contribution in [1.82, 2.24) is 0 Å². The first kappa shape index (κ1) is 22.2. The van der Waals surface area contributed by atoms with Crippen molar-refractivity contribution in [2.24, 2.45) is 0 Å². The predicted octanol–water partition coefficient (Wildman–Crippen LogP) is 5.21. The van der Waals surface area contributed by atoms with Crippen molar-refractivity contribution in [2.75, 3.05) is 25.6 Å². The maximum Gasteiger partial charge on any atom is 0.119 e. The molecular weight excluding hydrogens is 372 g/mol. The van der Waals surface area contributed by atoms with E-state index < -0.39 is 10.8 Å². The molecule has 0 spiro atoms. The summed E-state index contributed by atoms with van der Waals surface area (Å²) in [5.41, 5.74) is 1.81. The van der Waals surface area contributed by atoms with Crippen molar-refractivity contribution in [3.05, 3.63) is 60.9 Å². The minimum absolute atomic E-state index is 0.296. The zero-order valence-corrected chi connectivity index (χ0v) is 18.0. The van der Waals surface area contributed by atoms with Crippen LogP contribution in [-0.4, -0.2) is 35.4 Å². The van der Waals surface area contributed by atoms with E-state index in [9.17, 15) is 4.21 Å². The molecule has 2 rings (SSSR count). The molecule has 152 valence electrons. The van der Waals surface area contributed by atoms with Gasteiger partial charge in [0, 0.05) is 11.5 Å². The summed E-state index contributed by atoms with van der Waals surface area (Å²) in [5, 5.41) is 0. The highest BCUT2D eigenvalue weighted by atomic mass is 32.2. The van der Waals surface area contributed by atoms with E-state index in [0.717, 1.165) is 21.8 Å². The molecular formula is C23H30O4S. The minimum atomic E-state index is -1.18. The van der Waals surface area contributed by atoms with E-state index in [1.165, 1.54) is 0 Å². The van der Waals surface area contributed by atoms with Gasteiger partial charge in [-0.3, -0.25) is 4.21 Å². The van der Waals surface area contributed by atoms with Gasteiger partial charge in [-0.2, -0.15) is 0 Å². The van der Waals surface area contributed by atoms with Crippen LogP contribution in [0.4, 0.5) is 0 Å². The molecule has 0 aliphatic rings. The van der Waals surface area contributed by atoms with Crippen LogP contribution in [0.5, 0.6) is 5.75 Å². The van der Waals surface area contributed by atoms with E-state index in [4.69, 9.17) is 14.2 Å². The summed E-state index contributed by atoms with van der Waals surface area (Å²) < 4.78 is 29.1. The van der Waals surface area contributed by atoms with Crippen LogP contribution in [0.25, 0.3) is 11.1 Å². The number of ether oxygens (including phenoxy) is 3. The molecule has 0 radical (unpaired) electrons. The number of hydrogen-bond donors (Lipinski definition) is 0. The van der Waals surface area contributed by atoms with E-state index in [0.29, 0.717) is 31.3 Å². The minimum Gasteiger partial charge on any atom is -0.492 e. The van der Waals surface area contributed by atoms with E-state index in [2.05, 4.69) is 6.58 Å². The highest BCUT2D eigenvalue weighted by Gasteiger charge is 2.15. The second kappa shape index (κ2) is 10.4. The SMILES string of the molecule is C=C(CS(=O)c1ccc(-c2ccc(OCCOCC)cc2)cc1)OC(C)(C)C. The Morgan fingerprint density at radius 2 is 1.54 bits per heavy atom. The Hall–Kier alpha value is -2.11. The van der Waals surface area contributed by atoms with Crippen LogP contribution >= 0.6 is 0 Å². The van der Waals surface area contributed by atoms with Gasteiger partial charge in [-0.25, -0.2) is 0 Å². The average molecular weight is 403 g/mol. The van der Waals surface area contributed by atoms with Gasteiger partial charge in [0.1, 0.15) is 23.7 Å².